The van der Waals surface area contributed by atoms with E-state index in [1.54, 1.807) is 0 Å². The highest BCUT2D eigenvalue weighted by Crippen LogP contribution is 2.47. The normalized spacial score (nSPS) is 22.9. The summed E-state index contributed by atoms with van der Waals surface area (Å²) in [5.41, 5.74) is 0. The Labute approximate surface area is 362 Å². The zero-order chi connectivity index (χ0) is 44.1. The van der Waals surface area contributed by atoms with Gasteiger partial charge in [-0.1, -0.05) is 145 Å². The second-order valence-corrected chi connectivity index (χ2v) is 17.3. The predicted octanol–water partition coefficient (Wildman–Crippen LogP) is 9.42. The number of hydrogen-bond donors (Lipinski definition) is 6. The molecule has 12 nitrogen and oxygen atoms in total. The number of allylic oxidation sites excluding steroid dienone is 10. The number of phosphoric ester groups is 1. The van der Waals surface area contributed by atoms with E-state index in [1.165, 1.54) is 38.5 Å². The smallest absolute Gasteiger partial charge is 0.457 e. The Morgan fingerprint density at radius 2 is 0.983 bits per heavy atom. The van der Waals surface area contributed by atoms with Crippen LogP contribution >= 0.6 is 7.82 Å². The van der Waals surface area contributed by atoms with Crippen LogP contribution < -0.4 is 0 Å². The van der Waals surface area contributed by atoms with Crippen LogP contribution in [-0.2, 0) is 27.9 Å². The average molecular weight is 871 g/mol. The van der Waals surface area contributed by atoms with Crippen LogP contribution in [0.2, 0.25) is 0 Å². The molecule has 13 heteroatoms. The Morgan fingerprint density at radius 3 is 1.52 bits per heavy atom. The fourth-order valence-corrected chi connectivity index (χ4v) is 7.67. The largest absolute Gasteiger partial charge is 0.472 e. The SMILES string of the molecule is CC/C=C\C/C=C\C/C=C\C/C=C\CCCCCCCOCC(COP(=O)(O)OC1C(O)C(O)C(O)C(O)C1O)OC(=O)CCCCCCC/C=C\CCCCCCCC. The van der Waals surface area contributed by atoms with Crippen molar-refractivity contribution in [3.63, 3.8) is 0 Å². The molecular formula is C47H83O12P. The van der Waals surface area contributed by atoms with Gasteiger partial charge in [0, 0.05) is 13.0 Å². The minimum Gasteiger partial charge on any atom is -0.457 e. The van der Waals surface area contributed by atoms with Crippen molar-refractivity contribution in [2.75, 3.05) is 19.8 Å². The number of aliphatic hydroxyl groups excluding tert-OH is 5. The zero-order valence-corrected chi connectivity index (χ0v) is 37.9. The molecule has 0 amide bonds. The summed E-state index contributed by atoms with van der Waals surface area (Å²) in [5, 5.41) is 50.2. The van der Waals surface area contributed by atoms with Crippen molar-refractivity contribution in [3.05, 3.63) is 60.8 Å². The van der Waals surface area contributed by atoms with Crippen LogP contribution in [0.4, 0.5) is 0 Å². The summed E-state index contributed by atoms with van der Waals surface area (Å²) in [7, 11) is -5.03. The highest BCUT2D eigenvalue weighted by atomic mass is 31.2. The molecule has 0 heterocycles. The molecule has 1 fully saturated rings. The first-order valence-corrected chi connectivity index (χ1v) is 24.6. The molecule has 0 aliphatic heterocycles. The third kappa shape index (κ3) is 29.4. The summed E-state index contributed by atoms with van der Waals surface area (Å²) >= 11 is 0. The molecule has 1 saturated carbocycles. The standard InChI is InChI=1S/C47H83O12P/c1-3-5-7-9-11-13-15-17-19-20-21-23-25-27-29-31-33-35-37-56-38-40(39-57-60(54,55)59-47-45(52)43(50)42(49)44(51)46(47)53)58-41(48)36-34-32-30-28-26-24-22-18-16-14-12-10-8-6-4-2/h5,7,11,13,17-19,21-23,40,42-47,49-53H,3-4,6,8-10,12,14-16,20,24-39H2,1-2H3,(H,54,55)/b7-5-,13-11-,19-17-,22-18-,23-21-. The van der Waals surface area contributed by atoms with E-state index >= 15 is 0 Å². The number of carbonyl (C=O) groups is 1. The van der Waals surface area contributed by atoms with Crippen molar-refractivity contribution in [3.8, 4) is 0 Å². The Bertz CT molecular complexity index is 1220. The van der Waals surface area contributed by atoms with Crippen LogP contribution in [0.15, 0.2) is 60.8 Å². The monoisotopic (exact) mass is 871 g/mol. The number of aliphatic hydroxyl groups is 5. The van der Waals surface area contributed by atoms with E-state index in [9.17, 15) is 39.8 Å². The van der Waals surface area contributed by atoms with Crippen LogP contribution in [0, 0.1) is 0 Å². The molecular weight excluding hydrogens is 787 g/mol. The van der Waals surface area contributed by atoms with Gasteiger partial charge in [-0.3, -0.25) is 13.8 Å². The van der Waals surface area contributed by atoms with E-state index in [0.717, 1.165) is 103 Å². The minimum absolute atomic E-state index is 0.0950. The number of esters is 1. The number of ether oxygens (including phenoxy) is 2. The molecule has 0 radical (unpaired) electrons. The van der Waals surface area contributed by atoms with Gasteiger partial charge >= 0.3 is 13.8 Å². The Balaban J connectivity index is 2.42. The van der Waals surface area contributed by atoms with Gasteiger partial charge in [0.25, 0.3) is 0 Å². The van der Waals surface area contributed by atoms with E-state index in [-0.39, 0.29) is 13.0 Å². The first-order chi connectivity index (χ1) is 29.0. The summed E-state index contributed by atoms with van der Waals surface area (Å²) in [4.78, 5) is 23.1. The number of phosphoric acid groups is 1. The molecule has 0 bridgehead atoms. The van der Waals surface area contributed by atoms with Crippen LogP contribution in [0.5, 0.6) is 0 Å². The molecule has 1 aliphatic carbocycles. The molecule has 0 aromatic heterocycles. The van der Waals surface area contributed by atoms with Crippen molar-refractivity contribution in [2.24, 2.45) is 0 Å². The second-order valence-electron chi connectivity index (χ2n) is 15.9. The van der Waals surface area contributed by atoms with E-state index in [4.69, 9.17) is 18.5 Å². The summed E-state index contributed by atoms with van der Waals surface area (Å²) in [6, 6.07) is 0. The predicted molar refractivity (Wildman–Crippen MR) is 239 cm³/mol. The Morgan fingerprint density at radius 1 is 0.550 bits per heavy atom. The zero-order valence-electron chi connectivity index (χ0n) is 37.0. The van der Waals surface area contributed by atoms with Gasteiger partial charge in [-0.25, -0.2) is 4.57 Å². The van der Waals surface area contributed by atoms with Crippen LogP contribution in [-0.4, -0.2) is 98.9 Å². The Hall–Kier alpha value is -1.96. The van der Waals surface area contributed by atoms with Gasteiger partial charge in [0.15, 0.2) is 0 Å². The lowest BCUT2D eigenvalue weighted by molar-refractivity contribution is -0.220. The van der Waals surface area contributed by atoms with Gasteiger partial charge in [-0.15, -0.1) is 0 Å². The van der Waals surface area contributed by atoms with Gasteiger partial charge in [-0.2, -0.15) is 0 Å². The highest BCUT2D eigenvalue weighted by Gasteiger charge is 2.51. The minimum atomic E-state index is -5.03. The molecule has 6 unspecified atom stereocenters. The number of hydrogen-bond acceptors (Lipinski definition) is 11. The lowest BCUT2D eigenvalue weighted by Gasteiger charge is -2.41. The van der Waals surface area contributed by atoms with Crippen LogP contribution in [0.1, 0.15) is 168 Å². The molecule has 6 atom stereocenters. The first-order valence-electron chi connectivity index (χ1n) is 23.1. The lowest BCUT2D eigenvalue weighted by atomic mass is 9.85. The topological polar surface area (TPSA) is 192 Å². The van der Waals surface area contributed by atoms with Crippen molar-refractivity contribution in [1.82, 2.24) is 0 Å². The number of rotatable bonds is 38. The summed E-state index contributed by atoms with van der Waals surface area (Å²) in [5.74, 6) is -0.495. The number of carbonyl (C=O) groups excluding carboxylic acids is 1. The molecule has 0 saturated heterocycles. The van der Waals surface area contributed by atoms with Crippen molar-refractivity contribution < 1.29 is 58.3 Å². The van der Waals surface area contributed by atoms with Gasteiger partial charge in [0.05, 0.1) is 13.2 Å². The fourth-order valence-electron chi connectivity index (χ4n) is 6.69. The highest BCUT2D eigenvalue weighted by molar-refractivity contribution is 7.47. The fraction of sp³-hybridized carbons (Fsp3) is 0.766. The van der Waals surface area contributed by atoms with Crippen LogP contribution in [0.3, 0.4) is 0 Å². The maximum atomic E-state index is 12.8. The quantitative estimate of drug-likeness (QED) is 0.0149. The molecule has 0 aromatic carbocycles. The molecule has 1 rings (SSSR count). The molecule has 348 valence electrons. The molecule has 60 heavy (non-hydrogen) atoms. The maximum absolute atomic E-state index is 12.8. The summed E-state index contributed by atoms with van der Waals surface area (Å²) in [6.45, 7) is 4.08. The van der Waals surface area contributed by atoms with Gasteiger partial charge in [-0.05, 0) is 77.0 Å². The second kappa shape index (κ2) is 37.6. The van der Waals surface area contributed by atoms with E-state index < -0.39 is 63.1 Å². The van der Waals surface area contributed by atoms with Crippen molar-refractivity contribution in [2.45, 2.75) is 211 Å². The molecule has 0 spiro atoms. The summed E-state index contributed by atoms with van der Waals surface area (Å²) in [6.07, 6.45) is 34.3. The maximum Gasteiger partial charge on any atom is 0.472 e. The van der Waals surface area contributed by atoms with E-state index in [1.807, 2.05) is 0 Å². The van der Waals surface area contributed by atoms with Crippen molar-refractivity contribution in [1.29, 1.82) is 0 Å². The Kier molecular flexibility index (Phi) is 35.1. The first kappa shape index (κ1) is 56.1. The third-order valence-corrected chi connectivity index (χ3v) is 11.4. The molecule has 1 aliphatic rings. The van der Waals surface area contributed by atoms with Crippen LogP contribution in [0.25, 0.3) is 0 Å². The van der Waals surface area contributed by atoms with Gasteiger partial charge < -0.3 is 39.9 Å². The van der Waals surface area contributed by atoms with E-state index in [2.05, 4.69) is 74.6 Å². The third-order valence-electron chi connectivity index (χ3n) is 10.4. The van der Waals surface area contributed by atoms with Gasteiger partial charge in [0.1, 0.15) is 42.7 Å². The van der Waals surface area contributed by atoms with Gasteiger partial charge in [0.2, 0.25) is 0 Å². The average Bonchev–Trinajstić information content (AvgIpc) is 3.23. The summed E-state index contributed by atoms with van der Waals surface area (Å²) < 4.78 is 34.2. The molecule has 0 aromatic rings. The van der Waals surface area contributed by atoms with Crippen molar-refractivity contribution >= 4 is 13.8 Å². The lowest BCUT2D eigenvalue weighted by Crippen LogP contribution is -2.64. The number of unbranched alkanes of at least 4 members (excludes halogenated alkanes) is 16. The van der Waals surface area contributed by atoms with E-state index in [0.29, 0.717) is 13.0 Å². The molecule has 6 N–H and O–H groups in total.